The van der Waals surface area contributed by atoms with Crippen LogP contribution in [-0.4, -0.2) is 4.66 Å². The van der Waals surface area contributed by atoms with Gasteiger partial charge in [-0.25, -0.2) is 0 Å². The third-order valence-electron chi connectivity index (χ3n) is 0.931. The molecule has 0 bridgehead atoms. The Balaban J connectivity index is 0.000000292. The summed E-state index contributed by atoms with van der Waals surface area (Å²) in [5.74, 6) is 0. The Morgan fingerprint density at radius 1 is 1.29 bits per heavy atom. The molecule has 76 valence electrons. The normalized spacial score (nSPS) is 9.64. The molecule has 1 aromatic rings. The molecule has 1 N–H and O–H groups in total. The average Bonchev–Trinajstić information content (AvgIpc) is 2.03. The van der Waals surface area contributed by atoms with Crippen LogP contribution in [0.2, 0.25) is 0 Å². The van der Waals surface area contributed by atoms with Gasteiger partial charge in [-0.2, -0.15) is 24.0 Å². The van der Waals surface area contributed by atoms with Gasteiger partial charge in [-0.3, -0.25) is 0 Å². The third kappa shape index (κ3) is 8.66. The summed E-state index contributed by atoms with van der Waals surface area (Å²) < 4.78 is 33.4. The van der Waals surface area contributed by atoms with E-state index in [2.05, 4.69) is 0 Å². The minimum atomic E-state index is -4.69. The Morgan fingerprint density at radius 3 is 1.93 bits per heavy atom. The van der Waals surface area contributed by atoms with Crippen molar-refractivity contribution in [1.29, 1.82) is 5.26 Å². The van der Waals surface area contributed by atoms with E-state index in [1.54, 1.807) is 0 Å². The first-order valence-electron chi connectivity index (χ1n) is 3.05. The van der Waals surface area contributed by atoms with Gasteiger partial charge < -0.3 is 5.21 Å². The lowest BCUT2D eigenvalue weighted by atomic mass is 10.3. The highest BCUT2D eigenvalue weighted by atomic mass is 35.7. The first-order chi connectivity index (χ1) is 6.33. The van der Waals surface area contributed by atoms with Gasteiger partial charge in [-0.15, -0.1) is 0 Å². The van der Waals surface area contributed by atoms with Crippen molar-refractivity contribution in [3.63, 3.8) is 0 Å². The first kappa shape index (κ1) is 12.6. The SMILES string of the molecule is N#Cc1cc[n+]([O-])cc1.[O-][Cl+3]([O-])([O-])O. The Labute approximate surface area is 81.0 Å². The molecule has 0 aliphatic heterocycles. The zero-order valence-corrected chi connectivity index (χ0v) is 7.42. The van der Waals surface area contributed by atoms with E-state index in [1.807, 2.05) is 6.07 Å². The van der Waals surface area contributed by atoms with E-state index in [1.165, 1.54) is 24.5 Å². The molecule has 0 saturated carbocycles. The van der Waals surface area contributed by atoms with Gasteiger partial charge in [0.15, 0.2) is 12.4 Å². The van der Waals surface area contributed by atoms with Crippen LogP contribution in [0.15, 0.2) is 24.5 Å². The first-order valence-corrected chi connectivity index (χ1v) is 4.31. The lowest BCUT2D eigenvalue weighted by Crippen LogP contribution is -2.58. The van der Waals surface area contributed by atoms with Crippen LogP contribution in [0.25, 0.3) is 0 Å². The molecule has 0 fully saturated rings. The van der Waals surface area contributed by atoms with Crippen LogP contribution in [-0.2, 0) is 0 Å². The standard InChI is InChI=1S/C6H4N2O.ClHO4/c7-5-6-1-3-8(9)4-2-6;2-1(3,4)5/h1-4H;(H,2,3,4,5). The number of hydrogen-bond acceptors (Lipinski definition) is 6. The highest BCUT2D eigenvalue weighted by molar-refractivity contribution is 5.23. The number of nitrogens with zero attached hydrogens (tertiary/aromatic N) is 2. The fourth-order valence-electron chi connectivity index (χ4n) is 0.487. The molecule has 0 radical (unpaired) electrons. The summed E-state index contributed by atoms with van der Waals surface area (Å²) >= 11 is 0. The molecular formula is C6H5ClN2O5. The highest BCUT2D eigenvalue weighted by Gasteiger charge is 1.98. The maximum atomic E-state index is 10.3. The monoisotopic (exact) mass is 220 g/mol. The van der Waals surface area contributed by atoms with E-state index >= 15 is 0 Å². The van der Waals surface area contributed by atoms with Crippen molar-refractivity contribution >= 4 is 0 Å². The van der Waals surface area contributed by atoms with E-state index in [9.17, 15) is 5.21 Å². The van der Waals surface area contributed by atoms with Crippen LogP contribution in [0.5, 0.6) is 0 Å². The molecule has 0 saturated heterocycles. The number of hydrogen-bond donors (Lipinski definition) is 1. The summed E-state index contributed by atoms with van der Waals surface area (Å²) in [5, 5.41) is 18.6. The number of rotatable bonds is 0. The van der Waals surface area contributed by atoms with Crippen molar-refractivity contribution in [3.8, 4) is 6.07 Å². The summed E-state index contributed by atoms with van der Waals surface area (Å²) in [5.41, 5.74) is 0.502. The lowest BCUT2D eigenvalue weighted by molar-refractivity contribution is -1.92. The third-order valence-corrected chi connectivity index (χ3v) is 0.931. The minimum absolute atomic E-state index is 0.502. The summed E-state index contributed by atoms with van der Waals surface area (Å²) in [6.07, 6.45) is 2.58. The number of pyridine rings is 1. The molecule has 0 atom stereocenters. The van der Waals surface area contributed by atoms with Gasteiger partial charge >= 0.3 is 0 Å². The quantitative estimate of drug-likeness (QED) is 0.350. The highest BCUT2D eigenvalue weighted by Crippen LogP contribution is 1.88. The van der Waals surface area contributed by atoms with E-state index in [0.717, 1.165) is 0 Å². The van der Waals surface area contributed by atoms with Crippen molar-refractivity contribution in [2.75, 3.05) is 0 Å². The molecule has 0 spiro atoms. The molecule has 0 aliphatic carbocycles. The van der Waals surface area contributed by atoms with E-state index in [0.29, 0.717) is 10.3 Å². The molecule has 0 amide bonds. The summed E-state index contributed by atoms with van der Waals surface area (Å²) in [6, 6.07) is 4.83. The molecular weight excluding hydrogens is 216 g/mol. The number of nitriles is 1. The number of aromatic nitrogens is 1. The number of halogens is 1. The lowest BCUT2D eigenvalue weighted by Gasteiger charge is -2.03. The second-order valence-electron chi connectivity index (χ2n) is 1.95. The minimum Gasteiger partial charge on any atom is -0.619 e. The Kier molecular flexibility index (Phi) is 4.79. The topological polar surface area (TPSA) is 140 Å². The van der Waals surface area contributed by atoms with Gasteiger partial charge in [0.25, 0.3) is 0 Å². The van der Waals surface area contributed by atoms with Gasteiger partial charge in [0.1, 0.15) is 0 Å². The summed E-state index contributed by atoms with van der Waals surface area (Å²) in [4.78, 5) is 0. The van der Waals surface area contributed by atoms with Gasteiger partial charge in [-0.1, -0.05) is 0 Å². The fourth-order valence-corrected chi connectivity index (χ4v) is 0.487. The van der Waals surface area contributed by atoms with E-state index < -0.39 is 10.2 Å². The molecule has 8 heteroatoms. The zero-order valence-electron chi connectivity index (χ0n) is 6.66. The molecule has 0 aromatic carbocycles. The van der Waals surface area contributed by atoms with Crippen LogP contribution < -0.4 is 18.7 Å². The maximum absolute atomic E-state index is 10.3. The van der Waals surface area contributed by atoms with E-state index in [-0.39, 0.29) is 0 Å². The van der Waals surface area contributed by atoms with Gasteiger partial charge in [0.05, 0.1) is 26.5 Å². The van der Waals surface area contributed by atoms with Crippen LogP contribution in [0.4, 0.5) is 0 Å². The second-order valence-corrected chi connectivity index (χ2v) is 2.75. The average molecular weight is 221 g/mol. The Hall–Kier alpha value is -1.43. The van der Waals surface area contributed by atoms with Crippen LogP contribution >= 0.6 is 0 Å². The molecule has 7 nitrogen and oxygen atoms in total. The van der Waals surface area contributed by atoms with Crippen molar-refractivity contribution in [2.24, 2.45) is 0 Å². The summed E-state index contributed by atoms with van der Waals surface area (Å²) in [6.45, 7) is 0. The van der Waals surface area contributed by atoms with E-state index in [4.69, 9.17) is 23.9 Å². The Morgan fingerprint density at radius 2 is 1.64 bits per heavy atom. The summed E-state index contributed by atoms with van der Waals surface area (Å²) in [7, 11) is -4.69. The maximum Gasteiger partial charge on any atom is 0.181 e. The molecule has 1 aromatic heterocycles. The molecule has 14 heavy (non-hydrogen) atoms. The molecule has 0 unspecified atom stereocenters. The predicted octanol–water partition coefficient (Wildman–Crippen LogP) is -3.93. The fraction of sp³-hybridized carbons (Fsp3) is 0. The van der Waals surface area contributed by atoms with Crippen LogP contribution in [0, 0.1) is 26.8 Å². The Bertz CT molecular complexity index is 308. The molecule has 1 heterocycles. The smallest absolute Gasteiger partial charge is 0.181 e. The van der Waals surface area contributed by atoms with Crippen molar-refractivity contribution in [1.82, 2.24) is 0 Å². The van der Waals surface area contributed by atoms with Gasteiger partial charge in [0.2, 0.25) is 0 Å². The largest absolute Gasteiger partial charge is 0.619 e. The van der Waals surface area contributed by atoms with Crippen LogP contribution in [0.1, 0.15) is 5.56 Å². The van der Waals surface area contributed by atoms with Gasteiger partial charge in [0, 0.05) is 12.1 Å². The zero-order chi connectivity index (χ0) is 11.2. The molecule has 1 rings (SSSR count). The van der Waals surface area contributed by atoms with Crippen LogP contribution in [0.3, 0.4) is 0 Å². The second kappa shape index (κ2) is 5.33. The van der Waals surface area contributed by atoms with Crippen molar-refractivity contribution in [2.45, 2.75) is 0 Å². The van der Waals surface area contributed by atoms with Gasteiger partial charge in [-0.05, 0) is 0 Å². The molecule has 0 aliphatic rings. The predicted molar refractivity (Wildman–Crippen MR) is 32.3 cm³/mol. The van der Waals surface area contributed by atoms with Crippen molar-refractivity contribution < 1.29 is 33.6 Å². The van der Waals surface area contributed by atoms with Crippen molar-refractivity contribution in [3.05, 3.63) is 35.3 Å².